The molecule has 0 aliphatic rings. The monoisotopic (exact) mass is 487 g/mol. The maximum Gasteiger partial charge on any atom is 0.408 e. The lowest BCUT2D eigenvalue weighted by Gasteiger charge is -2.33. The highest BCUT2D eigenvalue weighted by Gasteiger charge is 2.37. The largest absolute Gasteiger partial charge is 0.444 e. The minimum Gasteiger partial charge on any atom is -0.444 e. The number of carbonyl (C=O) groups excluding carboxylic acids is 4. The summed E-state index contributed by atoms with van der Waals surface area (Å²) in [4.78, 5) is 52.0. The number of amides is 4. The van der Waals surface area contributed by atoms with Gasteiger partial charge < -0.3 is 26.0 Å². The first kappa shape index (κ1) is 29.4. The lowest BCUT2D eigenvalue weighted by molar-refractivity contribution is -0.142. The number of alkyl carbamates (subject to hydrolysis) is 1. The highest BCUT2D eigenvalue weighted by atomic mass is 16.6. The van der Waals surface area contributed by atoms with Crippen LogP contribution in [0.15, 0.2) is 24.3 Å². The van der Waals surface area contributed by atoms with Crippen LogP contribution in [-0.4, -0.2) is 53.4 Å². The van der Waals surface area contributed by atoms with Crippen LogP contribution < -0.4 is 16.4 Å². The van der Waals surface area contributed by atoms with E-state index in [-0.39, 0.29) is 0 Å². The van der Waals surface area contributed by atoms with Gasteiger partial charge in [0.25, 0.3) is 0 Å². The Kier molecular flexibility index (Phi) is 11.7. The van der Waals surface area contributed by atoms with Crippen molar-refractivity contribution in [3.05, 3.63) is 35.4 Å². The van der Waals surface area contributed by atoms with Crippen LogP contribution in [0.2, 0.25) is 0 Å². The topological polar surface area (TPSA) is 155 Å². The molecule has 0 fully saturated rings. The van der Waals surface area contributed by atoms with Crippen LogP contribution in [0.3, 0.4) is 0 Å². The van der Waals surface area contributed by atoms with Crippen molar-refractivity contribution in [1.29, 1.82) is 5.26 Å². The summed E-state index contributed by atoms with van der Waals surface area (Å²) >= 11 is 0. The highest BCUT2D eigenvalue weighted by Crippen LogP contribution is 2.25. The second-order valence-corrected chi connectivity index (χ2v) is 9.25. The van der Waals surface area contributed by atoms with E-state index in [2.05, 4.69) is 10.6 Å². The Hall–Kier alpha value is -3.61. The number of aryl methyl sites for hydroxylation is 1. The van der Waals surface area contributed by atoms with Crippen LogP contribution in [-0.2, 0) is 19.1 Å². The number of carbonyl (C=O) groups is 4. The normalized spacial score (nSPS) is 12.6. The summed E-state index contributed by atoms with van der Waals surface area (Å²) in [6.45, 7) is 8.74. The minimum absolute atomic E-state index is 0.407. The molecule has 0 aliphatic carbocycles. The number of primary amides is 1. The number of ether oxygens (including phenoxy) is 1. The minimum atomic E-state index is -1.42. The zero-order chi connectivity index (χ0) is 26.6. The summed E-state index contributed by atoms with van der Waals surface area (Å²) in [7, 11) is 0. The molecule has 1 aromatic carbocycles. The molecule has 0 spiro atoms. The highest BCUT2D eigenvalue weighted by molar-refractivity contribution is 5.94. The Morgan fingerprint density at radius 2 is 1.83 bits per heavy atom. The van der Waals surface area contributed by atoms with Crippen molar-refractivity contribution >= 4 is 23.8 Å². The summed E-state index contributed by atoms with van der Waals surface area (Å²) in [6, 6.07) is 6.36. The van der Waals surface area contributed by atoms with Gasteiger partial charge in [-0.25, -0.2) is 4.79 Å². The quantitative estimate of drug-likeness (QED) is 0.304. The van der Waals surface area contributed by atoms with E-state index in [9.17, 15) is 24.4 Å². The molecule has 2 atom stereocenters. The van der Waals surface area contributed by atoms with Gasteiger partial charge in [0.1, 0.15) is 24.2 Å². The Bertz CT molecular complexity index is 935. The Morgan fingerprint density at radius 1 is 1.17 bits per heavy atom. The maximum atomic E-state index is 13.6. The van der Waals surface area contributed by atoms with Gasteiger partial charge in [0.15, 0.2) is 0 Å². The number of nitrogens with one attached hydrogen (secondary N) is 2. The number of nitriles is 1. The van der Waals surface area contributed by atoms with Gasteiger partial charge in [-0.05, 0) is 45.2 Å². The van der Waals surface area contributed by atoms with Gasteiger partial charge >= 0.3 is 6.09 Å². The van der Waals surface area contributed by atoms with Gasteiger partial charge in [-0.3, -0.25) is 14.4 Å². The van der Waals surface area contributed by atoms with E-state index in [0.717, 1.165) is 29.7 Å². The number of nitrogens with two attached hydrogens (primary N) is 1. The molecule has 0 saturated carbocycles. The van der Waals surface area contributed by atoms with Crippen molar-refractivity contribution < 1.29 is 23.9 Å². The van der Waals surface area contributed by atoms with Gasteiger partial charge in [-0.2, -0.15) is 5.26 Å². The van der Waals surface area contributed by atoms with Gasteiger partial charge in [0.05, 0.1) is 12.5 Å². The molecule has 10 nitrogen and oxygen atoms in total. The van der Waals surface area contributed by atoms with E-state index >= 15 is 0 Å². The number of hydrogen-bond acceptors (Lipinski definition) is 6. The van der Waals surface area contributed by atoms with Gasteiger partial charge in [0.2, 0.25) is 17.7 Å². The predicted molar refractivity (Wildman–Crippen MR) is 131 cm³/mol. The molecule has 0 heterocycles. The van der Waals surface area contributed by atoms with Crippen molar-refractivity contribution in [2.75, 3.05) is 13.1 Å². The first-order valence-electron chi connectivity index (χ1n) is 11.7. The fourth-order valence-electron chi connectivity index (χ4n) is 3.45. The first-order valence-corrected chi connectivity index (χ1v) is 11.7. The number of nitrogens with zero attached hydrogens (tertiary/aromatic N) is 2. The van der Waals surface area contributed by atoms with E-state index in [0.29, 0.717) is 12.1 Å². The predicted octanol–water partition coefficient (Wildman–Crippen LogP) is 2.46. The average Bonchev–Trinajstić information content (AvgIpc) is 2.75. The second-order valence-electron chi connectivity index (χ2n) is 9.25. The molecule has 10 heteroatoms. The molecule has 0 aliphatic heterocycles. The molecule has 0 saturated heterocycles. The zero-order valence-corrected chi connectivity index (χ0v) is 21.2. The van der Waals surface area contributed by atoms with Gasteiger partial charge in [0, 0.05) is 6.54 Å². The van der Waals surface area contributed by atoms with Crippen molar-refractivity contribution in [2.24, 2.45) is 5.73 Å². The molecule has 4 N–H and O–H groups in total. The van der Waals surface area contributed by atoms with Crippen LogP contribution in [0.1, 0.15) is 70.5 Å². The van der Waals surface area contributed by atoms with E-state index in [1.54, 1.807) is 52.0 Å². The summed E-state index contributed by atoms with van der Waals surface area (Å²) in [5.74, 6) is -2.10. The molecule has 35 heavy (non-hydrogen) atoms. The standard InChI is InChI=1S/C25H37N5O5/c1-6-7-10-14-28-22(32)21(18-12-9-8-11-17(18)2)30(15-13-26)23(33)19(16-20(27)31)29-24(34)35-25(3,4)5/h8-9,11-12,19,21H,6-7,10,14-16H2,1-5H3,(H2,27,31)(H,28,32)(H,29,34). The zero-order valence-electron chi connectivity index (χ0n) is 21.2. The van der Waals surface area contributed by atoms with Crippen molar-refractivity contribution in [2.45, 2.75) is 78.0 Å². The number of rotatable bonds is 12. The second kappa shape index (κ2) is 13.9. The fourth-order valence-corrected chi connectivity index (χ4v) is 3.45. The van der Waals surface area contributed by atoms with Gasteiger partial charge in [-0.1, -0.05) is 44.0 Å². The molecule has 0 aromatic heterocycles. The fraction of sp³-hybridized carbons (Fsp3) is 0.560. The van der Waals surface area contributed by atoms with Crippen LogP contribution in [0.25, 0.3) is 0 Å². The average molecular weight is 488 g/mol. The van der Waals surface area contributed by atoms with E-state index in [4.69, 9.17) is 10.5 Å². The molecular weight excluding hydrogens is 450 g/mol. The molecule has 0 bridgehead atoms. The Balaban J connectivity index is 3.39. The van der Waals surface area contributed by atoms with Crippen LogP contribution in [0.5, 0.6) is 0 Å². The molecule has 192 valence electrons. The van der Waals surface area contributed by atoms with Crippen molar-refractivity contribution in [1.82, 2.24) is 15.5 Å². The number of hydrogen-bond donors (Lipinski definition) is 3. The van der Waals surface area contributed by atoms with Crippen molar-refractivity contribution in [3.63, 3.8) is 0 Å². The molecule has 2 unspecified atom stereocenters. The SMILES string of the molecule is CCCCCNC(=O)C(c1ccccc1C)N(CC#N)C(=O)C(CC(N)=O)NC(=O)OC(C)(C)C. The third-order valence-electron chi connectivity index (χ3n) is 5.04. The third-order valence-corrected chi connectivity index (χ3v) is 5.04. The summed E-state index contributed by atoms with van der Waals surface area (Å²) < 4.78 is 5.21. The van der Waals surface area contributed by atoms with Crippen LogP contribution in [0, 0.1) is 18.3 Å². The van der Waals surface area contributed by atoms with E-state index in [1.807, 2.05) is 13.0 Å². The summed E-state index contributed by atoms with van der Waals surface area (Å²) in [5.41, 5.74) is 5.75. The van der Waals surface area contributed by atoms with E-state index < -0.39 is 54.5 Å². The van der Waals surface area contributed by atoms with Crippen molar-refractivity contribution in [3.8, 4) is 6.07 Å². The van der Waals surface area contributed by atoms with Crippen LogP contribution >= 0.6 is 0 Å². The first-order chi connectivity index (χ1) is 16.4. The van der Waals surface area contributed by atoms with Crippen LogP contribution in [0.4, 0.5) is 4.79 Å². The molecule has 0 radical (unpaired) electrons. The lowest BCUT2D eigenvalue weighted by atomic mass is 9.97. The number of unbranched alkanes of at least 4 members (excludes halogenated alkanes) is 2. The molecule has 1 aromatic rings. The molecule has 4 amide bonds. The third kappa shape index (κ3) is 10.0. The lowest BCUT2D eigenvalue weighted by Crippen LogP contribution is -2.54. The summed E-state index contributed by atoms with van der Waals surface area (Å²) in [5, 5.41) is 14.7. The van der Waals surface area contributed by atoms with E-state index in [1.165, 1.54) is 0 Å². The number of benzene rings is 1. The van der Waals surface area contributed by atoms with Gasteiger partial charge in [-0.15, -0.1) is 0 Å². The molecule has 1 rings (SSSR count). The maximum absolute atomic E-state index is 13.6. The summed E-state index contributed by atoms with van der Waals surface area (Å²) in [6.07, 6.45) is 1.21. The Morgan fingerprint density at radius 3 is 2.37 bits per heavy atom. The Labute approximate surface area is 207 Å². The molecular formula is C25H37N5O5. The smallest absolute Gasteiger partial charge is 0.408 e.